The first-order valence-electron chi connectivity index (χ1n) is 9.51. The maximum Gasteiger partial charge on any atom is 0.293 e. The van der Waals surface area contributed by atoms with Gasteiger partial charge < -0.3 is 19.1 Å². The predicted octanol–water partition coefficient (Wildman–Crippen LogP) is 4.92. The molecule has 0 radical (unpaired) electrons. The normalized spacial score (nSPS) is 20.7. The highest BCUT2D eigenvalue weighted by atomic mass is 35.5. The molecule has 0 saturated carbocycles. The quantitative estimate of drug-likeness (QED) is 0.660. The lowest BCUT2D eigenvalue weighted by atomic mass is 9.84. The van der Waals surface area contributed by atoms with Crippen LogP contribution in [0.5, 0.6) is 0 Å². The van der Waals surface area contributed by atoms with Crippen LogP contribution in [0, 0.1) is 0 Å². The number of carbonyl (C=O) groups is 1. The average Bonchev–Trinajstić information content (AvgIpc) is 2.92. The van der Waals surface area contributed by atoms with Gasteiger partial charge in [0.25, 0.3) is 6.47 Å². The Balaban J connectivity index is 0.000000346. The van der Waals surface area contributed by atoms with Crippen LogP contribution in [0.1, 0.15) is 64.9 Å². The van der Waals surface area contributed by atoms with E-state index in [1.54, 1.807) is 7.11 Å². The van der Waals surface area contributed by atoms with E-state index >= 15 is 0 Å². The van der Waals surface area contributed by atoms with E-state index in [9.17, 15) is 4.79 Å². The van der Waals surface area contributed by atoms with Crippen molar-refractivity contribution in [2.75, 3.05) is 27.2 Å². The van der Waals surface area contributed by atoms with E-state index in [2.05, 4.69) is 16.7 Å². The Morgan fingerprint density at radius 1 is 1.26 bits per heavy atom. The Morgan fingerprint density at radius 2 is 1.85 bits per heavy atom. The molecule has 5 nitrogen and oxygen atoms in total. The van der Waals surface area contributed by atoms with Gasteiger partial charge in [0.2, 0.25) is 0 Å². The second-order valence-electron chi connectivity index (χ2n) is 7.54. The van der Waals surface area contributed by atoms with Crippen molar-refractivity contribution in [3.05, 3.63) is 34.3 Å². The van der Waals surface area contributed by atoms with Crippen LogP contribution in [0.4, 0.5) is 0 Å². The third kappa shape index (κ3) is 6.46. The Kier molecular flexibility index (Phi) is 9.22. The average molecular weight is 400 g/mol. The molecule has 1 aromatic carbocycles. The Morgan fingerprint density at radius 3 is 2.30 bits per heavy atom. The molecule has 1 fully saturated rings. The van der Waals surface area contributed by atoms with Crippen LogP contribution in [0.2, 0.25) is 5.02 Å². The van der Waals surface area contributed by atoms with E-state index in [4.69, 9.17) is 21.1 Å². The first-order valence-corrected chi connectivity index (χ1v) is 9.89. The van der Waals surface area contributed by atoms with Gasteiger partial charge in [-0.1, -0.05) is 31.5 Å². The molecule has 2 aliphatic rings. The summed E-state index contributed by atoms with van der Waals surface area (Å²) in [5.74, 6) is 0. The first-order chi connectivity index (χ1) is 12.7. The van der Waals surface area contributed by atoms with E-state index in [-0.39, 0.29) is 17.5 Å². The molecule has 154 valence electrons. The SMILES string of the molecule is CC.CC(C)(C)OC=O.COC1OC2(CCN(C)CC2)c2cc(Cl)ccc21. The van der Waals surface area contributed by atoms with Gasteiger partial charge >= 0.3 is 0 Å². The summed E-state index contributed by atoms with van der Waals surface area (Å²) in [6, 6.07) is 5.98. The maximum absolute atomic E-state index is 9.60. The van der Waals surface area contributed by atoms with Crippen molar-refractivity contribution < 1.29 is 19.0 Å². The van der Waals surface area contributed by atoms with Crippen LogP contribution in [-0.4, -0.2) is 44.2 Å². The molecule has 27 heavy (non-hydrogen) atoms. The Hall–Kier alpha value is -1.14. The smallest absolute Gasteiger partial charge is 0.293 e. The number of ether oxygens (including phenoxy) is 3. The number of halogens is 1. The lowest BCUT2D eigenvalue weighted by Gasteiger charge is -2.38. The minimum Gasteiger partial charge on any atom is -0.462 e. The van der Waals surface area contributed by atoms with Gasteiger partial charge in [-0.2, -0.15) is 0 Å². The number of likely N-dealkylation sites (tertiary alicyclic amines) is 1. The van der Waals surface area contributed by atoms with Crippen molar-refractivity contribution in [3.8, 4) is 0 Å². The van der Waals surface area contributed by atoms with Crippen molar-refractivity contribution in [1.82, 2.24) is 4.90 Å². The standard InChI is InChI=1S/C14H18ClNO2.C5H10O2.C2H6/c1-16-7-5-14(6-8-16)12-9-10(15)3-4-11(12)13(17-2)18-14;1-5(2,3)7-4-6;1-2/h3-4,9,13H,5-8H2,1-2H3;4H,1-3H3;1-2H3. The summed E-state index contributed by atoms with van der Waals surface area (Å²) in [6.45, 7) is 12.0. The lowest BCUT2D eigenvalue weighted by Crippen LogP contribution is -2.40. The zero-order valence-electron chi connectivity index (χ0n) is 17.7. The van der Waals surface area contributed by atoms with E-state index < -0.39 is 0 Å². The number of hydrogen-bond donors (Lipinski definition) is 0. The third-order valence-electron chi connectivity index (χ3n) is 4.50. The summed E-state index contributed by atoms with van der Waals surface area (Å²) in [5.41, 5.74) is 1.83. The number of carbonyl (C=O) groups excluding carboxylic acids is 1. The molecule has 0 amide bonds. The summed E-state index contributed by atoms with van der Waals surface area (Å²) in [6.07, 6.45) is 1.74. The molecule has 0 aromatic heterocycles. The van der Waals surface area contributed by atoms with Gasteiger partial charge in [0, 0.05) is 30.8 Å². The fraction of sp³-hybridized carbons (Fsp3) is 0.667. The number of fused-ring (bicyclic) bond motifs is 2. The minimum atomic E-state index is -0.318. The minimum absolute atomic E-state index is 0.201. The second kappa shape index (κ2) is 10.4. The van der Waals surface area contributed by atoms with Gasteiger partial charge in [0.15, 0.2) is 6.29 Å². The molecule has 0 aliphatic carbocycles. The van der Waals surface area contributed by atoms with Gasteiger partial charge in [0.1, 0.15) is 5.60 Å². The molecule has 0 N–H and O–H groups in total. The summed E-state index contributed by atoms with van der Waals surface area (Å²) in [7, 11) is 3.84. The van der Waals surface area contributed by atoms with Crippen LogP contribution in [0.15, 0.2) is 18.2 Å². The predicted molar refractivity (Wildman–Crippen MR) is 109 cm³/mol. The molecule has 0 bridgehead atoms. The molecule has 6 heteroatoms. The van der Waals surface area contributed by atoms with Crippen LogP contribution < -0.4 is 0 Å². The van der Waals surface area contributed by atoms with E-state index in [0.29, 0.717) is 6.47 Å². The zero-order valence-corrected chi connectivity index (χ0v) is 18.4. The third-order valence-corrected chi connectivity index (χ3v) is 4.74. The number of methoxy groups -OCH3 is 1. The van der Waals surface area contributed by atoms with E-state index in [1.807, 2.05) is 52.8 Å². The summed E-state index contributed by atoms with van der Waals surface area (Å²) >= 11 is 6.14. The van der Waals surface area contributed by atoms with Crippen LogP contribution in [0.25, 0.3) is 0 Å². The molecule has 2 heterocycles. The van der Waals surface area contributed by atoms with Crippen molar-refractivity contribution in [2.24, 2.45) is 0 Å². The Bertz CT molecular complexity index is 592. The number of piperidine rings is 1. The summed E-state index contributed by atoms with van der Waals surface area (Å²) in [5, 5.41) is 0.771. The van der Waals surface area contributed by atoms with Gasteiger partial charge in [0.05, 0.1) is 5.60 Å². The molecule has 2 aliphatic heterocycles. The topological polar surface area (TPSA) is 48.0 Å². The van der Waals surface area contributed by atoms with Crippen molar-refractivity contribution in [2.45, 2.75) is 65.0 Å². The van der Waals surface area contributed by atoms with Crippen molar-refractivity contribution in [1.29, 1.82) is 0 Å². The fourth-order valence-corrected chi connectivity index (χ4v) is 3.32. The lowest BCUT2D eigenvalue weighted by molar-refractivity contribution is -0.201. The van der Waals surface area contributed by atoms with E-state index in [0.717, 1.165) is 36.5 Å². The summed E-state index contributed by atoms with van der Waals surface area (Å²) < 4.78 is 16.2. The molecular formula is C21H34ClNO4. The molecular weight excluding hydrogens is 366 g/mol. The van der Waals surface area contributed by atoms with Crippen molar-refractivity contribution >= 4 is 18.1 Å². The van der Waals surface area contributed by atoms with E-state index in [1.165, 1.54) is 5.56 Å². The number of hydrogen-bond acceptors (Lipinski definition) is 5. The molecule has 1 saturated heterocycles. The monoisotopic (exact) mass is 399 g/mol. The molecule has 1 unspecified atom stereocenters. The second-order valence-corrected chi connectivity index (χ2v) is 7.98. The highest BCUT2D eigenvalue weighted by Crippen LogP contribution is 2.49. The van der Waals surface area contributed by atoms with Crippen LogP contribution in [0.3, 0.4) is 0 Å². The Labute approximate surface area is 168 Å². The van der Waals surface area contributed by atoms with Gasteiger partial charge in [-0.15, -0.1) is 0 Å². The zero-order chi connectivity index (χ0) is 20.7. The van der Waals surface area contributed by atoms with Gasteiger partial charge in [-0.25, -0.2) is 0 Å². The molecule has 1 spiro atoms. The summed E-state index contributed by atoms with van der Waals surface area (Å²) in [4.78, 5) is 11.9. The largest absolute Gasteiger partial charge is 0.462 e. The number of rotatable bonds is 2. The van der Waals surface area contributed by atoms with Crippen LogP contribution in [-0.2, 0) is 24.6 Å². The molecule has 1 atom stereocenters. The first kappa shape index (κ1) is 23.9. The molecule has 1 aromatic rings. The van der Waals surface area contributed by atoms with Gasteiger partial charge in [-0.05, 0) is 58.4 Å². The highest BCUT2D eigenvalue weighted by Gasteiger charge is 2.46. The molecule has 3 rings (SSSR count). The number of benzene rings is 1. The van der Waals surface area contributed by atoms with Crippen LogP contribution >= 0.6 is 11.6 Å². The van der Waals surface area contributed by atoms with Crippen molar-refractivity contribution in [3.63, 3.8) is 0 Å². The highest BCUT2D eigenvalue weighted by molar-refractivity contribution is 6.30. The maximum atomic E-state index is 9.60. The fourth-order valence-electron chi connectivity index (χ4n) is 3.15. The van der Waals surface area contributed by atoms with Gasteiger partial charge in [-0.3, -0.25) is 4.79 Å². The number of nitrogens with zero attached hydrogens (tertiary/aromatic N) is 1.